The normalized spacial score (nSPS) is 10.5. The van der Waals surface area contributed by atoms with Crippen LogP contribution in [-0.4, -0.2) is 41.4 Å². The molecule has 6 heteroatoms. The molecule has 24 heavy (non-hydrogen) atoms. The smallest absolute Gasteiger partial charge is 0.247 e. The monoisotopic (exact) mass is 328 g/mol. The van der Waals surface area contributed by atoms with E-state index < -0.39 is 0 Å². The molecule has 0 saturated carbocycles. The summed E-state index contributed by atoms with van der Waals surface area (Å²) in [5.41, 5.74) is 3.46. The van der Waals surface area contributed by atoms with Gasteiger partial charge in [0.05, 0.1) is 6.20 Å². The van der Waals surface area contributed by atoms with Crippen LogP contribution in [0.5, 0.6) is 0 Å². The maximum absolute atomic E-state index is 4.57. The van der Waals surface area contributed by atoms with Crippen molar-refractivity contribution in [2.24, 2.45) is 0 Å². The van der Waals surface area contributed by atoms with Crippen molar-refractivity contribution in [3.05, 3.63) is 30.0 Å². The van der Waals surface area contributed by atoms with Gasteiger partial charge in [-0.2, -0.15) is 10.1 Å². The Balaban J connectivity index is 2.21. The van der Waals surface area contributed by atoms with Crippen LogP contribution < -0.4 is 15.1 Å². The largest absolute Gasteiger partial charge is 0.372 e. The van der Waals surface area contributed by atoms with Gasteiger partial charge in [-0.1, -0.05) is 0 Å². The van der Waals surface area contributed by atoms with E-state index in [2.05, 4.69) is 83.1 Å². The SMILES string of the molecule is CCN(CC)c1ccc(Nc2cnnc(N(CC)CC)n2)c(C)c1. The zero-order valence-corrected chi connectivity index (χ0v) is 15.4. The number of anilines is 4. The highest BCUT2D eigenvalue weighted by Crippen LogP contribution is 2.25. The molecule has 0 amide bonds. The number of nitrogens with zero attached hydrogens (tertiary/aromatic N) is 5. The number of aromatic nitrogens is 3. The van der Waals surface area contributed by atoms with E-state index in [1.807, 2.05) is 0 Å². The summed E-state index contributed by atoms with van der Waals surface area (Å²) in [6, 6.07) is 6.44. The first-order valence-electron chi connectivity index (χ1n) is 8.70. The second-order valence-electron chi connectivity index (χ2n) is 5.61. The average molecular weight is 328 g/mol. The van der Waals surface area contributed by atoms with Gasteiger partial charge in [-0.15, -0.1) is 5.10 Å². The number of hydrogen-bond acceptors (Lipinski definition) is 6. The Morgan fingerprint density at radius 3 is 2.21 bits per heavy atom. The minimum atomic E-state index is 0.655. The van der Waals surface area contributed by atoms with Crippen molar-refractivity contribution in [3.63, 3.8) is 0 Å². The Morgan fingerprint density at radius 1 is 0.958 bits per heavy atom. The lowest BCUT2D eigenvalue weighted by atomic mass is 10.1. The summed E-state index contributed by atoms with van der Waals surface area (Å²) in [6.45, 7) is 14.4. The van der Waals surface area contributed by atoms with E-state index in [4.69, 9.17) is 0 Å². The van der Waals surface area contributed by atoms with Gasteiger partial charge in [0, 0.05) is 37.6 Å². The molecule has 0 aliphatic heterocycles. The van der Waals surface area contributed by atoms with Crippen molar-refractivity contribution >= 4 is 23.1 Å². The molecule has 2 rings (SSSR count). The molecule has 0 aliphatic carbocycles. The third kappa shape index (κ3) is 4.13. The van der Waals surface area contributed by atoms with E-state index in [0.29, 0.717) is 11.8 Å². The summed E-state index contributed by atoms with van der Waals surface area (Å²) >= 11 is 0. The van der Waals surface area contributed by atoms with Crippen LogP contribution in [0.3, 0.4) is 0 Å². The quantitative estimate of drug-likeness (QED) is 0.799. The molecule has 0 atom stereocenters. The standard InChI is InChI=1S/C18H28N6/c1-6-23(7-2)15-10-11-16(14(5)12-15)20-17-13-19-22-18(21-17)24(8-3)9-4/h10-13H,6-9H2,1-5H3,(H,20,21,22). The number of rotatable bonds is 8. The van der Waals surface area contributed by atoms with Gasteiger partial charge in [-0.05, 0) is 58.4 Å². The van der Waals surface area contributed by atoms with Gasteiger partial charge in [0.1, 0.15) is 0 Å². The van der Waals surface area contributed by atoms with Crippen LogP contribution in [0.25, 0.3) is 0 Å². The molecule has 1 aromatic carbocycles. The summed E-state index contributed by atoms with van der Waals surface area (Å²) in [5, 5.41) is 11.6. The molecule has 0 unspecified atom stereocenters. The van der Waals surface area contributed by atoms with E-state index in [1.54, 1.807) is 6.20 Å². The van der Waals surface area contributed by atoms with Crippen LogP contribution in [0, 0.1) is 6.92 Å². The minimum absolute atomic E-state index is 0.655. The number of hydrogen-bond donors (Lipinski definition) is 1. The summed E-state index contributed by atoms with van der Waals surface area (Å²) in [5.74, 6) is 1.37. The molecule has 0 fully saturated rings. The number of benzene rings is 1. The lowest BCUT2D eigenvalue weighted by Crippen LogP contribution is -2.24. The molecule has 0 saturated heterocycles. The topological polar surface area (TPSA) is 57.2 Å². The molecule has 1 heterocycles. The fraction of sp³-hybridized carbons (Fsp3) is 0.500. The Kier molecular flexibility index (Phi) is 6.35. The molecule has 6 nitrogen and oxygen atoms in total. The van der Waals surface area contributed by atoms with Crippen LogP contribution in [0.2, 0.25) is 0 Å². The van der Waals surface area contributed by atoms with E-state index in [-0.39, 0.29) is 0 Å². The fourth-order valence-corrected chi connectivity index (χ4v) is 2.71. The predicted octanol–water partition coefficient (Wildman–Crippen LogP) is 3.62. The molecule has 0 aliphatic rings. The second-order valence-corrected chi connectivity index (χ2v) is 5.61. The lowest BCUT2D eigenvalue weighted by Gasteiger charge is -2.22. The minimum Gasteiger partial charge on any atom is -0.372 e. The van der Waals surface area contributed by atoms with Gasteiger partial charge < -0.3 is 15.1 Å². The van der Waals surface area contributed by atoms with Gasteiger partial charge in [-0.25, -0.2) is 0 Å². The van der Waals surface area contributed by atoms with E-state index in [0.717, 1.165) is 31.9 Å². The Bertz CT molecular complexity index is 650. The molecule has 1 N–H and O–H groups in total. The van der Waals surface area contributed by atoms with Gasteiger partial charge >= 0.3 is 0 Å². The first-order valence-corrected chi connectivity index (χ1v) is 8.70. The average Bonchev–Trinajstić information content (AvgIpc) is 2.60. The molecule has 130 valence electrons. The van der Waals surface area contributed by atoms with Crippen molar-refractivity contribution in [2.75, 3.05) is 41.3 Å². The summed E-state index contributed by atoms with van der Waals surface area (Å²) in [6.07, 6.45) is 1.66. The fourth-order valence-electron chi connectivity index (χ4n) is 2.71. The molecule has 1 aromatic heterocycles. The molecule has 0 spiro atoms. The van der Waals surface area contributed by atoms with Crippen molar-refractivity contribution < 1.29 is 0 Å². The van der Waals surface area contributed by atoms with Gasteiger partial charge in [-0.3, -0.25) is 0 Å². The summed E-state index contributed by atoms with van der Waals surface area (Å²) < 4.78 is 0. The van der Waals surface area contributed by atoms with Crippen molar-refractivity contribution in [1.82, 2.24) is 15.2 Å². The van der Waals surface area contributed by atoms with Gasteiger partial charge in [0.2, 0.25) is 5.95 Å². The highest BCUT2D eigenvalue weighted by molar-refractivity contribution is 5.65. The van der Waals surface area contributed by atoms with Crippen LogP contribution in [-0.2, 0) is 0 Å². The van der Waals surface area contributed by atoms with Gasteiger partial charge in [0.15, 0.2) is 5.82 Å². The first-order chi connectivity index (χ1) is 11.6. The number of aryl methyl sites for hydroxylation is 1. The van der Waals surface area contributed by atoms with E-state index >= 15 is 0 Å². The summed E-state index contributed by atoms with van der Waals surface area (Å²) in [7, 11) is 0. The van der Waals surface area contributed by atoms with Crippen molar-refractivity contribution in [1.29, 1.82) is 0 Å². The zero-order chi connectivity index (χ0) is 17.5. The first kappa shape index (κ1) is 18.0. The Labute approximate surface area is 144 Å². The molecular weight excluding hydrogens is 300 g/mol. The zero-order valence-electron chi connectivity index (χ0n) is 15.4. The van der Waals surface area contributed by atoms with Crippen LogP contribution >= 0.6 is 0 Å². The summed E-state index contributed by atoms with van der Waals surface area (Å²) in [4.78, 5) is 8.98. The van der Waals surface area contributed by atoms with Gasteiger partial charge in [0.25, 0.3) is 0 Å². The Morgan fingerprint density at radius 2 is 1.62 bits per heavy atom. The van der Waals surface area contributed by atoms with Crippen LogP contribution in [0.1, 0.15) is 33.3 Å². The van der Waals surface area contributed by atoms with E-state index in [1.165, 1.54) is 11.3 Å². The number of nitrogens with one attached hydrogen (secondary N) is 1. The third-order valence-electron chi connectivity index (χ3n) is 4.20. The third-order valence-corrected chi connectivity index (χ3v) is 4.20. The highest BCUT2D eigenvalue weighted by Gasteiger charge is 2.09. The maximum atomic E-state index is 4.57. The van der Waals surface area contributed by atoms with Crippen LogP contribution in [0.4, 0.5) is 23.1 Å². The molecular formula is C18H28N6. The lowest BCUT2D eigenvalue weighted by molar-refractivity contribution is 0.796. The Hall–Kier alpha value is -2.37. The molecule has 0 radical (unpaired) electrons. The highest BCUT2D eigenvalue weighted by atomic mass is 15.3. The van der Waals surface area contributed by atoms with Crippen molar-refractivity contribution in [2.45, 2.75) is 34.6 Å². The second kappa shape index (κ2) is 8.47. The maximum Gasteiger partial charge on any atom is 0.247 e. The van der Waals surface area contributed by atoms with E-state index in [9.17, 15) is 0 Å². The molecule has 2 aromatic rings. The predicted molar refractivity (Wildman–Crippen MR) is 101 cm³/mol. The molecule has 0 bridgehead atoms. The van der Waals surface area contributed by atoms with Crippen LogP contribution in [0.15, 0.2) is 24.4 Å². The van der Waals surface area contributed by atoms with Crippen molar-refractivity contribution in [3.8, 4) is 0 Å².